The van der Waals surface area contributed by atoms with Crippen molar-refractivity contribution in [2.24, 2.45) is 9.98 Å². The molecule has 2 aliphatic rings. The van der Waals surface area contributed by atoms with Crippen molar-refractivity contribution in [3.05, 3.63) is 83.9 Å². The average molecular weight is 509 g/mol. The highest BCUT2D eigenvalue weighted by Crippen LogP contribution is 2.31. The highest BCUT2D eigenvalue weighted by Gasteiger charge is 2.35. The predicted molar refractivity (Wildman–Crippen MR) is 152 cm³/mol. The van der Waals surface area contributed by atoms with Gasteiger partial charge in [-0.15, -0.1) is 0 Å². The molecular weight excluding hydrogens is 476 g/mol. The highest BCUT2D eigenvalue weighted by atomic mass is 16.5. The molecule has 6 nitrogen and oxygen atoms in total. The minimum Gasteiger partial charge on any atom is -0.497 e. The molecule has 0 unspecified atom stereocenters. The van der Waals surface area contributed by atoms with Crippen LogP contribution in [0.4, 0.5) is 0 Å². The SMILES string of the molecule is COc1ccc2cc([C@H](C)C3=N[C@@H]([C@H]4COC([C@@H](C)c5ccc6cc(OC)ccc6c5)=N4)CO3)ccc2c1. The third-order valence-electron chi connectivity index (χ3n) is 7.72. The molecule has 2 heterocycles. The molecule has 0 fully saturated rings. The third-order valence-corrected chi connectivity index (χ3v) is 7.72. The van der Waals surface area contributed by atoms with Gasteiger partial charge in [0.05, 0.1) is 26.1 Å². The number of hydrogen-bond donors (Lipinski definition) is 0. The van der Waals surface area contributed by atoms with Crippen molar-refractivity contribution < 1.29 is 18.9 Å². The number of rotatable bonds is 7. The normalized spacial score (nSPS) is 20.4. The molecule has 194 valence electrons. The first-order chi connectivity index (χ1) is 18.5. The molecule has 4 aromatic rings. The quantitative estimate of drug-likeness (QED) is 0.285. The van der Waals surface area contributed by atoms with Crippen molar-refractivity contribution in [1.29, 1.82) is 0 Å². The molecule has 0 saturated carbocycles. The van der Waals surface area contributed by atoms with Gasteiger partial charge in [0, 0.05) is 0 Å². The van der Waals surface area contributed by atoms with Gasteiger partial charge < -0.3 is 18.9 Å². The van der Waals surface area contributed by atoms with Gasteiger partial charge in [0.25, 0.3) is 0 Å². The summed E-state index contributed by atoms with van der Waals surface area (Å²) in [7, 11) is 3.38. The van der Waals surface area contributed by atoms with Crippen LogP contribution in [0.2, 0.25) is 0 Å². The molecule has 4 atom stereocenters. The number of ether oxygens (including phenoxy) is 4. The Kier molecular flexibility index (Phi) is 6.40. The van der Waals surface area contributed by atoms with Gasteiger partial charge in [-0.25, -0.2) is 9.98 Å². The second-order valence-electron chi connectivity index (χ2n) is 10.1. The Labute approximate surface area is 222 Å². The fourth-order valence-electron chi connectivity index (χ4n) is 5.25. The van der Waals surface area contributed by atoms with Crippen molar-refractivity contribution in [3.8, 4) is 11.5 Å². The lowest BCUT2D eigenvalue weighted by molar-refractivity contribution is 0.256. The van der Waals surface area contributed by atoms with E-state index in [1.807, 2.05) is 12.1 Å². The molecule has 0 N–H and O–H groups in total. The van der Waals surface area contributed by atoms with E-state index in [9.17, 15) is 0 Å². The van der Waals surface area contributed by atoms with E-state index in [2.05, 4.69) is 74.5 Å². The van der Waals surface area contributed by atoms with Crippen molar-refractivity contribution in [3.63, 3.8) is 0 Å². The maximum absolute atomic E-state index is 6.09. The molecule has 0 bridgehead atoms. The lowest BCUT2D eigenvalue weighted by Gasteiger charge is -2.12. The first-order valence-corrected chi connectivity index (χ1v) is 13.1. The number of hydrogen-bond acceptors (Lipinski definition) is 6. The van der Waals surface area contributed by atoms with Crippen LogP contribution in [-0.2, 0) is 9.47 Å². The third kappa shape index (κ3) is 4.55. The number of benzene rings is 4. The van der Waals surface area contributed by atoms with E-state index in [0.717, 1.165) is 34.1 Å². The molecular formula is C32H32N2O4. The van der Waals surface area contributed by atoms with E-state index in [0.29, 0.717) is 13.2 Å². The van der Waals surface area contributed by atoms with Crippen molar-refractivity contribution in [2.45, 2.75) is 37.8 Å². The Bertz CT molecular complexity index is 1440. The fourth-order valence-corrected chi connectivity index (χ4v) is 5.25. The van der Waals surface area contributed by atoms with Crippen LogP contribution in [0.15, 0.2) is 82.8 Å². The maximum Gasteiger partial charge on any atom is 0.191 e. The van der Waals surface area contributed by atoms with Crippen LogP contribution in [0.3, 0.4) is 0 Å². The summed E-state index contributed by atoms with van der Waals surface area (Å²) >= 11 is 0. The molecule has 6 heteroatoms. The lowest BCUT2D eigenvalue weighted by Crippen LogP contribution is -2.25. The molecule has 6 rings (SSSR count). The van der Waals surface area contributed by atoms with Crippen molar-refractivity contribution in [1.82, 2.24) is 0 Å². The van der Waals surface area contributed by atoms with Crippen LogP contribution in [0.1, 0.15) is 36.8 Å². The largest absolute Gasteiger partial charge is 0.497 e. The summed E-state index contributed by atoms with van der Waals surface area (Å²) in [5, 5.41) is 4.64. The standard InChI is InChI=1S/C32H32N2O4/c1-19(21-5-7-25-15-27(35-3)11-9-23(25)13-21)31-33-29(17-37-31)30-18-38-32(34-30)20(2)22-6-8-26-16-28(36-4)12-10-24(26)14-22/h5-16,19-20,29-30H,17-18H2,1-4H3/t19-,20-,29+,30+/m0/s1. The van der Waals surface area contributed by atoms with Gasteiger partial charge >= 0.3 is 0 Å². The maximum atomic E-state index is 6.09. The van der Waals surface area contributed by atoms with E-state index >= 15 is 0 Å². The Morgan fingerprint density at radius 3 is 1.42 bits per heavy atom. The molecule has 38 heavy (non-hydrogen) atoms. The second kappa shape index (κ2) is 10.0. The van der Waals surface area contributed by atoms with Gasteiger partial charge in [0.2, 0.25) is 0 Å². The summed E-state index contributed by atoms with van der Waals surface area (Å²) in [5.74, 6) is 3.38. The van der Waals surface area contributed by atoms with E-state index in [1.165, 1.54) is 21.9 Å². The van der Waals surface area contributed by atoms with Crippen LogP contribution in [0, 0.1) is 0 Å². The topological polar surface area (TPSA) is 61.6 Å². The molecule has 0 saturated heterocycles. The summed E-state index contributed by atoms with van der Waals surface area (Å²) in [6.45, 7) is 5.34. The van der Waals surface area contributed by atoms with E-state index < -0.39 is 0 Å². The summed E-state index contributed by atoms with van der Waals surface area (Å²) in [6, 6.07) is 25.1. The number of aliphatic imine (C=N–C) groups is 2. The first kappa shape index (κ1) is 24.3. The molecule has 2 aliphatic heterocycles. The van der Waals surface area contributed by atoms with Gasteiger partial charge in [-0.3, -0.25) is 0 Å². The number of nitrogens with zero attached hydrogens (tertiary/aromatic N) is 2. The van der Waals surface area contributed by atoms with Gasteiger partial charge in [-0.2, -0.15) is 0 Å². The Balaban J connectivity index is 1.16. The molecule has 4 aromatic carbocycles. The number of methoxy groups -OCH3 is 2. The van der Waals surface area contributed by atoms with Crippen LogP contribution in [-0.4, -0.2) is 51.3 Å². The Morgan fingerprint density at radius 2 is 1.00 bits per heavy atom. The Morgan fingerprint density at radius 1 is 0.605 bits per heavy atom. The first-order valence-electron chi connectivity index (χ1n) is 13.1. The fraction of sp³-hybridized carbons (Fsp3) is 0.312. The predicted octanol–water partition coefficient (Wildman–Crippen LogP) is 6.51. The molecule has 0 spiro atoms. The van der Waals surface area contributed by atoms with Crippen LogP contribution < -0.4 is 9.47 Å². The second-order valence-corrected chi connectivity index (χ2v) is 10.1. The summed E-state index contributed by atoms with van der Waals surface area (Å²) in [5.41, 5.74) is 2.35. The Hall–Kier alpha value is -4.06. The van der Waals surface area contributed by atoms with E-state index in [-0.39, 0.29) is 23.9 Å². The van der Waals surface area contributed by atoms with Gasteiger partial charge in [-0.1, -0.05) is 48.5 Å². The van der Waals surface area contributed by atoms with E-state index in [1.54, 1.807) is 14.2 Å². The minimum atomic E-state index is -0.0362. The molecule has 0 aliphatic carbocycles. The highest BCUT2D eigenvalue weighted by molar-refractivity contribution is 5.90. The zero-order chi connectivity index (χ0) is 26.2. The van der Waals surface area contributed by atoms with Crippen LogP contribution >= 0.6 is 0 Å². The summed E-state index contributed by atoms with van der Waals surface area (Å²) < 4.78 is 22.9. The van der Waals surface area contributed by atoms with Crippen LogP contribution in [0.5, 0.6) is 11.5 Å². The zero-order valence-electron chi connectivity index (χ0n) is 22.2. The van der Waals surface area contributed by atoms with E-state index in [4.69, 9.17) is 28.9 Å². The van der Waals surface area contributed by atoms with Gasteiger partial charge in [0.1, 0.15) is 36.8 Å². The van der Waals surface area contributed by atoms with Gasteiger partial charge in [-0.05, 0) is 70.8 Å². The molecule has 0 aromatic heterocycles. The monoisotopic (exact) mass is 508 g/mol. The molecule has 0 radical (unpaired) electrons. The smallest absolute Gasteiger partial charge is 0.191 e. The average Bonchev–Trinajstić information content (AvgIpc) is 3.66. The lowest BCUT2D eigenvalue weighted by atomic mass is 9.97. The minimum absolute atomic E-state index is 0.0362. The summed E-state index contributed by atoms with van der Waals surface area (Å²) in [4.78, 5) is 9.91. The summed E-state index contributed by atoms with van der Waals surface area (Å²) in [6.07, 6.45) is 0. The van der Waals surface area contributed by atoms with Crippen LogP contribution in [0.25, 0.3) is 21.5 Å². The molecule has 0 amide bonds. The van der Waals surface area contributed by atoms with Crippen molar-refractivity contribution in [2.75, 3.05) is 27.4 Å². The van der Waals surface area contributed by atoms with Crippen molar-refractivity contribution >= 4 is 33.3 Å². The van der Waals surface area contributed by atoms with Gasteiger partial charge in [0.15, 0.2) is 11.8 Å². The number of fused-ring (bicyclic) bond motifs is 2. The zero-order valence-corrected chi connectivity index (χ0v) is 22.2.